The van der Waals surface area contributed by atoms with Crippen LogP contribution in [0, 0.1) is 17.2 Å². The monoisotopic (exact) mass is 499 g/mol. The van der Waals surface area contributed by atoms with Crippen LogP contribution in [0.3, 0.4) is 0 Å². The summed E-state index contributed by atoms with van der Waals surface area (Å²) < 4.78 is 6.29. The van der Waals surface area contributed by atoms with E-state index >= 15 is 0 Å². The molecule has 4 rings (SSSR count). The molecule has 3 atom stereocenters. The number of aliphatic hydroxyl groups excluding tert-OH is 1. The maximum absolute atomic E-state index is 13.6. The van der Waals surface area contributed by atoms with Gasteiger partial charge in [-0.05, 0) is 42.8 Å². The number of hydrogen-bond acceptors (Lipinski definition) is 7. The van der Waals surface area contributed by atoms with E-state index in [4.69, 9.17) is 4.74 Å². The van der Waals surface area contributed by atoms with Crippen molar-refractivity contribution in [1.82, 2.24) is 19.8 Å². The van der Waals surface area contributed by atoms with Gasteiger partial charge in [-0.1, -0.05) is 25.1 Å². The van der Waals surface area contributed by atoms with Gasteiger partial charge in [-0.3, -0.25) is 14.6 Å². The Morgan fingerprint density at radius 2 is 2.05 bits per heavy atom. The average Bonchev–Trinajstić information content (AvgIpc) is 2.94. The van der Waals surface area contributed by atoms with E-state index in [1.807, 2.05) is 13.0 Å². The Hall–Kier alpha value is -4.29. The molecule has 0 bridgehead atoms. The fourth-order valence-electron chi connectivity index (χ4n) is 4.28. The Bertz CT molecular complexity index is 1320. The van der Waals surface area contributed by atoms with Gasteiger partial charge in [0.1, 0.15) is 17.4 Å². The highest BCUT2D eigenvalue weighted by molar-refractivity contribution is 5.98. The van der Waals surface area contributed by atoms with Crippen LogP contribution in [0.4, 0.5) is 0 Å². The smallest absolute Gasteiger partial charge is 0.272 e. The van der Waals surface area contributed by atoms with Crippen molar-refractivity contribution in [3.63, 3.8) is 0 Å². The lowest BCUT2D eigenvalue weighted by atomic mass is 9.98. The first-order valence-corrected chi connectivity index (χ1v) is 12.1. The zero-order valence-electron chi connectivity index (χ0n) is 21.0. The first-order chi connectivity index (χ1) is 17.8. The summed E-state index contributed by atoms with van der Waals surface area (Å²) in [6.45, 7) is 4.10. The molecule has 9 nitrogen and oxygen atoms in total. The molecule has 3 aromatic rings. The molecule has 37 heavy (non-hydrogen) atoms. The topological polar surface area (TPSA) is 120 Å². The third kappa shape index (κ3) is 5.60. The minimum absolute atomic E-state index is 0.163. The lowest BCUT2D eigenvalue weighted by Crippen LogP contribution is -2.50. The standard InChI is InChI=1S/C28H29N5O4/c1-18-15-33(19(2)17-34)27(35)23-12-22(21-8-6-7-20(11-21)13-29)14-31-26(23)37-25(18)16-32(3)28(36)24-9-4-5-10-30-24/h4-12,14,18-19,25,34H,15-17H2,1-3H3/t18-,19+,25-/m1/s1. The summed E-state index contributed by atoms with van der Waals surface area (Å²) in [4.78, 5) is 38.4. The summed E-state index contributed by atoms with van der Waals surface area (Å²) in [5.41, 5.74) is 2.50. The SMILES string of the molecule is C[C@@H]1CN([C@@H](C)CO)C(=O)c2cc(-c3cccc(C#N)c3)cnc2O[C@@H]1CN(C)C(=O)c1ccccn1. The Balaban J connectivity index is 1.70. The van der Waals surface area contributed by atoms with Crippen LogP contribution in [0.1, 0.15) is 40.3 Å². The van der Waals surface area contributed by atoms with Crippen LogP contribution in [0.5, 0.6) is 5.88 Å². The summed E-state index contributed by atoms with van der Waals surface area (Å²) in [6, 6.07) is 15.6. The highest BCUT2D eigenvalue weighted by atomic mass is 16.5. The van der Waals surface area contributed by atoms with Gasteiger partial charge in [0.05, 0.1) is 30.8 Å². The van der Waals surface area contributed by atoms with E-state index in [9.17, 15) is 20.0 Å². The van der Waals surface area contributed by atoms with Crippen molar-refractivity contribution < 1.29 is 19.4 Å². The number of pyridine rings is 2. The van der Waals surface area contributed by atoms with Crippen LogP contribution in [0.15, 0.2) is 60.9 Å². The molecule has 190 valence electrons. The van der Waals surface area contributed by atoms with Crippen molar-refractivity contribution in [3.05, 3.63) is 77.7 Å². The van der Waals surface area contributed by atoms with Gasteiger partial charge in [0.15, 0.2) is 0 Å². The third-order valence-corrected chi connectivity index (χ3v) is 6.53. The number of rotatable bonds is 6. The van der Waals surface area contributed by atoms with E-state index in [-0.39, 0.29) is 42.3 Å². The number of likely N-dealkylation sites (N-methyl/N-ethyl adjacent to an activating group) is 1. The molecule has 2 amide bonds. The molecule has 1 aromatic carbocycles. The lowest BCUT2D eigenvalue weighted by molar-refractivity contribution is 0.0312. The third-order valence-electron chi connectivity index (χ3n) is 6.53. The van der Waals surface area contributed by atoms with E-state index in [1.165, 1.54) is 0 Å². The molecule has 0 unspecified atom stereocenters. The van der Waals surface area contributed by atoms with E-state index in [0.717, 1.165) is 5.56 Å². The summed E-state index contributed by atoms with van der Waals surface area (Å²) in [7, 11) is 1.69. The zero-order chi connectivity index (χ0) is 26.5. The van der Waals surface area contributed by atoms with Gasteiger partial charge in [0, 0.05) is 37.5 Å². The van der Waals surface area contributed by atoms with Gasteiger partial charge in [-0.15, -0.1) is 0 Å². The number of benzene rings is 1. The van der Waals surface area contributed by atoms with E-state index in [0.29, 0.717) is 23.4 Å². The fraction of sp³-hybridized carbons (Fsp3) is 0.321. The Morgan fingerprint density at radius 1 is 1.24 bits per heavy atom. The molecule has 0 radical (unpaired) electrons. The Kier molecular flexibility index (Phi) is 7.80. The molecular weight excluding hydrogens is 470 g/mol. The second kappa shape index (κ2) is 11.2. The number of fused-ring (bicyclic) bond motifs is 1. The molecule has 9 heteroatoms. The van der Waals surface area contributed by atoms with Crippen molar-refractivity contribution in [3.8, 4) is 23.1 Å². The quantitative estimate of drug-likeness (QED) is 0.554. The van der Waals surface area contributed by atoms with Crippen LogP contribution >= 0.6 is 0 Å². The first kappa shape index (κ1) is 25.8. The number of aromatic nitrogens is 2. The summed E-state index contributed by atoms with van der Waals surface area (Å²) in [6.07, 6.45) is 2.70. The second-order valence-corrected chi connectivity index (χ2v) is 9.29. The largest absolute Gasteiger partial charge is 0.472 e. The van der Waals surface area contributed by atoms with Crippen molar-refractivity contribution in [2.24, 2.45) is 5.92 Å². The number of amides is 2. The van der Waals surface area contributed by atoms with Crippen LogP contribution in [0.2, 0.25) is 0 Å². The molecule has 3 heterocycles. The van der Waals surface area contributed by atoms with Gasteiger partial charge >= 0.3 is 0 Å². The van der Waals surface area contributed by atoms with Gasteiger partial charge in [0.25, 0.3) is 11.8 Å². The van der Waals surface area contributed by atoms with Crippen LogP contribution < -0.4 is 4.74 Å². The molecular formula is C28H29N5O4. The van der Waals surface area contributed by atoms with Gasteiger partial charge in [-0.2, -0.15) is 5.26 Å². The molecule has 0 saturated carbocycles. The van der Waals surface area contributed by atoms with Crippen molar-refractivity contribution in [1.29, 1.82) is 5.26 Å². The number of aliphatic hydroxyl groups is 1. The number of carbonyl (C=O) groups excluding carboxylic acids is 2. The molecule has 2 aromatic heterocycles. The number of ether oxygens (including phenoxy) is 1. The van der Waals surface area contributed by atoms with Crippen LogP contribution in [-0.4, -0.2) is 75.6 Å². The highest BCUT2D eigenvalue weighted by Gasteiger charge is 2.35. The van der Waals surface area contributed by atoms with Crippen molar-refractivity contribution in [2.45, 2.75) is 26.0 Å². The Labute approximate surface area is 216 Å². The van der Waals surface area contributed by atoms with Gasteiger partial charge < -0.3 is 19.6 Å². The molecule has 1 aliphatic rings. The zero-order valence-corrected chi connectivity index (χ0v) is 21.0. The van der Waals surface area contributed by atoms with Crippen LogP contribution in [0.25, 0.3) is 11.1 Å². The predicted molar refractivity (Wildman–Crippen MR) is 137 cm³/mol. The van der Waals surface area contributed by atoms with Crippen molar-refractivity contribution >= 4 is 11.8 Å². The average molecular weight is 500 g/mol. The molecule has 0 fully saturated rings. The lowest BCUT2D eigenvalue weighted by Gasteiger charge is -2.37. The van der Waals surface area contributed by atoms with Gasteiger partial charge in [-0.25, -0.2) is 4.98 Å². The number of nitriles is 1. The normalized spacial score (nSPS) is 18.0. The van der Waals surface area contributed by atoms with E-state index in [1.54, 1.807) is 78.6 Å². The summed E-state index contributed by atoms with van der Waals surface area (Å²) in [5.74, 6) is -0.545. The molecule has 1 aliphatic heterocycles. The van der Waals surface area contributed by atoms with Gasteiger partial charge in [0.2, 0.25) is 5.88 Å². The number of carbonyl (C=O) groups is 2. The number of hydrogen-bond donors (Lipinski definition) is 1. The molecule has 0 aliphatic carbocycles. The van der Waals surface area contributed by atoms with Crippen molar-refractivity contribution in [2.75, 3.05) is 26.7 Å². The summed E-state index contributed by atoms with van der Waals surface area (Å²) in [5, 5.41) is 19.1. The van der Waals surface area contributed by atoms with Crippen LogP contribution in [-0.2, 0) is 0 Å². The molecule has 0 spiro atoms. The van der Waals surface area contributed by atoms with E-state index < -0.39 is 12.1 Å². The summed E-state index contributed by atoms with van der Waals surface area (Å²) >= 11 is 0. The van der Waals surface area contributed by atoms with E-state index in [2.05, 4.69) is 16.0 Å². The second-order valence-electron chi connectivity index (χ2n) is 9.29. The minimum atomic E-state index is -0.474. The molecule has 0 saturated heterocycles. The predicted octanol–water partition coefficient (Wildman–Crippen LogP) is 3.01. The molecule has 1 N–H and O–H groups in total. The maximum Gasteiger partial charge on any atom is 0.272 e. The highest BCUT2D eigenvalue weighted by Crippen LogP contribution is 2.30. The minimum Gasteiger partial charge on any atom is -0.472 e. The number of nitrogens with zero attached hydrogens (tertiary/aromatic N) is 5. The fourth-order valence-corrected chi connectivity index (χ4v) is 4.28. The maximum atomic E-state index is 13.6. The Morgan fingerprint density at radius 3 is 2.76 bits per heavy atom. The first-order valence-electron chi connectivity index (χ1n) is 12.1.